The molecule has 0 atom stereocenters. The summed E-state index contributed by atoms with van der Waals surface area (Å²) in [5, 5.41) is 3.06. The van der Waals surface area contributed by atoms with Crippen molar-refractivity contribution in [1.82, 2.24) is 9.97 Å². The number of halogens is 1. The van der Waals surface area contributed by atoms with Crippen LogP contribution in [0.5, 0.6) is 17.2 Å². The Kier molecular flexibility index (Phi) is 5.62. The van der Waals surface area contributed by atoms with Crippen LogP contribution in [-0.4, -0.2) is 45.4 Å². The fourth-order valence-corrected chi connectivity index (χ4v) is 2.18. The Labute approximate surface area is 140 Å². The Bertz CT molecular complexity index is 685. The van der Waals surface area contributed by atoms with E-state index in [1.807, 2.05) is 12.1 Å². The van der Waals surface area contributed by atoms with Gasteiger partial charge in [0, 0.05) is 20.6 Å². The van der Waals surface area contributed by atoms with Gasteiger partial charge in [-0.3, -0.25) is 0 Å². The predicted octanol–water partition coefficient (Wildman–Crippen LogP) is 2.32. The third-order valence-electron chi connectivity index (χ3n) is 3.32. The van der Waals surface area contributed by atoms with Gasteiger partial charge in [0.15, 0.2) is 23.1 Å². The highest BCUT2D eigenvalue weighted by Gasteiger charge is 2.14. The van der Waals surface area contributed by atoms with E-state index in [4.69, 9.17) is 14.2 Å². The zero-order valence-electron chi connectivity index (χ0n) is 14.4. The summed E-state index contributed by atoms with van der Waals surface area (Å²) in [6.07, 6.45) is 1.14. The van der Waals surface area contributed by atoms with Gasteiger partial charge in [0.05, 0.1) is 27.5 Å². The van der Waals surface area contributed by atoms with Crippen LogP contribution < -0.4 is 24.4 Å². The topological polar surface area (TPSA) is 68.7 Å². The van der Waals surface area contributed by atoms with Crippen molar-refractivity contribution in [3.63, 3.8) is 0 Å². The third kappa shape index (κ3) is 3.76. The number of hydrogen-bond donors (Lipinski definition) is 1. The van der Waals surface area contributed by atoms with Crippen molar-refractivity contribution in [3.8, 4) is 17.2 Å². The number of nitrogens with zero attached hydrogens (tertiary/aromatic N) is 3. The molecule has 0 bridgehead atoms. The van der Waals surface area contributed by atoms with Crippen molar-refractivity contribution in [1.29, 1.82) is 0 Å². The minimum atomic E-state index is -0.474. The Morgan fingerprint density at radius 3 is 2.21 bits per heavy atom. The van der Waals surface area contributed by atoms with Crippen molar-refractivity contribution in [2.75, 3.05) is 45.6 Å². The maximum atomic E-state index is 13.6. The van der Waals surface area contributed by atoms with Crippen LogP contribution in [-0.2, 0) is 6.54 Å². The SMILES string of the molecule is COc1cc(CNc2ncc(F)c(N(C)C)n2)cc(OC)c1OC. The molecule has 0 saturated heterocycles. The highest BCUT2D eigenvalue weighted by molar-refractivity contribution is 5.54. The average molecular weight is 336 g/mol. The first-order valence-electron chi connectivity index (χ1n) is 7.22. The molecule has 0 fully saturated rings. The highest BCUT2D eigenvalue weighted by atomic mass is 19.1. The van der Waals surface area contributed by atoms with Crippen LogP contribution in [0.2, 0.25) is 0 Å². The number of anilines is 2. The molecule has 1 aromatic heterocycles. The van der Waals surface area contributed by atoms with Gasteiger partial charge in [-0.25, -0.2) is 9.37 Å². The average Bonchev–Trinajstić information content (AvgIpc) is 2.59. The first-order chi connectivity index (χ1) is 11.5. The maximum absolute atomic E-state index is 13.6. The summed E-state index contributed by atoms with van der Waals surface area (Å²) in [6.45, 7) is 0.412. The Balaban J connectivity index is 2.22. The number of hydrogen-bond acceptors (Lipinski definition) is 7. The van der Waals surface area contributed by atoms with E-state index in [0.29, 0.717) is 29.7 Å². The lowest BCUT2D eigenvalue weighted by atomic mass is 10.2. The summed E-state index contributed by atoms with van der Waals surface area (Å²) >= 11 is 0. The van der Waals surface area contributed by atoms with Gasteiger partial charge in [-0.05, 0) is 17.7 Å². The lowest BCUT2D eigenvalue weighted by Crippen LogP contribution is -2.15. The molecule has 0 radical (unpaired) electrons. The number of ether oxygens (including phenoxy) is 3. The lowest BCUT2D eigenvalue weighted by Gasteiger charge is -2.15. The largest absolute Gasteiger partial charge is 0.493 e. The van der Waals surface area contributed by atoms with E-state index in [9.17, 15) is 4.39 Å². The van der Waals surface area contributed by atoms with E-state index in [1.165, 1.54) is 0 Å². The number of aromatic nitrogens is 2. The predicted molar refractivity (Wildman–Crippen MR) is 89.7 cm³/mol. The van der Waals surface area contributed by atoms with Gasteiger partial charge in [-0.15, -0.1) is 0 Å². The normalized spacial score (nSPS) is 10.2. The number of methoxy groups -OCH3 is 3. The van der Waals surface area contributed by atoms with Gasteiger partial charge < -0.3 is 24.4 Å². The summed E-state index contributed by atoms with van der Waals surface area (Å²) in [4.78, 5) is 9.68. The minimum absolute atomic E-state index is 0.220. The fraction of sp³-hybridized carbons (Fsp3) is 0.375. The van der Waals surface area contributed by atoms with Crippen molar-refractivity contribution in [2.24, 2.45) is 0 Å². The van der Waals surface area contributed by atoms with Crippen molar-refractivity contribution < 1.29 is 18.6 Å². The van der Waals surface area contributed by atoms with Crippen LogP contribution in [0.3, 0.4) is 0 Å². The van der Waals surface area contributed by atoms with E-state index in [2.05, 4.69) is 15.3 Å². The van der Waals surface area contributed by atoms with Gasteiger partial charge in [-0.2, -0.15) is 4.98 Å². The van der Waals surface area contributed by atoms with Crippen LogP contribution >= 0.6 is 0 Å². The molecule has 8 heteroatoms. The quantitative estimate of drug-likeness (QED) is 0.832. The summed E-state index contributed by atoms with van der Waals surface area (Å²) in [6, 6.07) is 3.65. The summed E-state index contributed by atoms with van der Waals surface area (Å²) < 4.78 is 29.5. The summed E-state index contributed by atoms with van der Waals surface area (Å²) in [7, 11) is 8.10. The molecule has 0 saturated carbocycles. The highest BCUT2D eigenvalue weighted by Crippen LogP contribution is 2.38. The van der Waals surface area contributed by atoms with Gasteiger partial charge in [-0.1, -0.05) is 0 Å². The minimum Gasteiger partial charge on any atom is -0.493 e. The zero-order chi connectivity index (χ0) is 17.7. The Hall–Kier alpha value is -2.77. The number of rotatable bonds is 7. The van der Waals surface area contributed by atoms with Gasteiger partial charge >= 0.3 is 0 Å². The second-order valence-electron chi connectivity index (χ2n) is 5.15. The molecule has 2 rings (SSSR count). The molecule has 0 spiro atoms. The van der Waals surface area contributed by atoms with Crippen molar-refractivity contribution in [3.05, 3.63) is 29.7 Å². The molecule has 2 aromatic rings. The van der Waals surface area contributed by atoms with Gasteiger partial charge in [0.1, 0.15) is 0 Å². The second kappa shape index (κ2) is 7.67. The summed E-state index contributed by atoms with van der Waals surface area (Å²) in [5.41, 5.74) is 0.879. The molecule has 7 nitrogen and oxygen atoms in total. The van der Waals surface area contributed by atoms with Crippen LogP contribution in [0.1, 0.15) is 5.56 Å². The van der Waals surface area contributed by atoms with Crippen LogP contribution in [0, 0.1) is 5.82 Å². The van der Waals surface area contributed by atoms with E-state index in [0.717, 1.165) is 11.8 Å². The molecule has 1 N–H and O–H groups in total. The molecule has 24 heavy (non-hydrogen) atoms. The molecule has 0 amide bonds. The van der Waals surface area contributed by atoms with Gasteiger partial charge in [0.2, 0.25) is 11.7 Å². The maximum Gasteiger partial charge on any atom is 0.225 e. The van der Waals surface area contributed by atoms with Crippen molar-refractivity contribution in [2.45, 2.75) is 6.54 Å². The van der Waals surface area contributed by atoms with E-state index in [-0.39, 0.29) is 5.82 Å². The molecule has 1 aromatic carbocycles. The first kappa shape index (κ1) is 17.6. The Morgan fingerprint density at radius 1 is 1.08 bits per heavy atom. The lowest BCUT2D eigenvalue weighted by molar-refractivity contribution is 0.324. The van der Waals surface area contributed by atoms with E-state index < -0.39 is 5.82 Å². The Morgan fingerprint density at radius 2 is 1.71 bits per heavy atom. The first-order valence-corrected chi connectivity index (χ1v) is 7.22. The van der Waals surface area contributed by atoms with Gasteiger partial charge in [0.25, 0.3) is 0 Å². The summed E-state index contributed by atoms with van der Waals surface area (Å²) in [5.74, 6) is 1.71. The van der Waals surface area contributed by atoms with E-state index in [1.54, 1.807) is 40.3 Å². The molecule has 130 valence electrons. The molecule has 0 aliphatic carbocycles. The second-order valence-corrected chi connectivity index (χ2v) is 5.15. The molecule has 1 heterocycles. The third-order valence-corrected chi connectivity index (χ3v) is 3.32. The monoisotopic (exact) mass is 336 g/mol. The fourth-order valence-electron chi connectivity index (χ4n) is 2.18. The van der Waals surface area contributed by atoms with E-state index >= 15 is 0 Å². The standard InChI is InChI=1S/C16H21FN4O3/c1-21(2)15-11(17)9-19-16(20-15)18-8-10-6-12(22-3)14(24-5)13(7-10)23-4/h6-7,9H,8H2,1-5H3,(H,18,19,20). The van der Waals surface area contributed by atoms with Crippen LogP contribution in [0.25, 0.3) is 0 Å². The smallest absolute Gasteiger partial charge is 0.225 e. The number of nitrogens with one attached hydrogen (secondary N) is 1. The zero-order valence-corrected chi connectivity index (χ0v) is 14.4. The molecular weight excluding hydrogens is 315 g/mol. The number of benzene rings is 1. The molecule has 0 aliphatic rings. The van der Waals surface area contributed by atoms with Crippen LogP contribution in [0.4, 0.5) is 16.2 Å². The molecule has 0 unspecified atom stereocenters. The van der Waals surface area contributed by atoms with Crippen LogP contribution in [0.15, 0.2) is 18.3 Å². The molecular formula is C16H21FN4O3. The molecule has 0 aliphatic heterocycles. The van der Waals surface area contributed by atoms with Crippen molar-refractivity contribution >= 4 is 11.8 Å².